The number of hydrogen-bond donors (Lipinski definition) is 1. The Bertz CT molecular complexity index is 818. The predicted octanol–water partition coefficient (Wildman–Crippen LogP) is -0.137. The zero-order chi connectivity index (χ0) is 19.6. The first-order chi connectivity index (χ1) is 12.7. The average molecular weight is 398 g/mol. The first kappa shape index (κ1) is 19.4. The molecule has 9 nitrogen and oxygen atoms in total. The van der Waals surface area contributed by atoms with E-state index in [1.54, 1.807) is 12.1 Å². The molecule has 1 aromatic rings. The van der Waals surface area contributed by atoms with Crippen LogP contribution in [0.3, 0.4) is 0 Å². The van der Waals surface area contributed by atoms with Crippen molar-refractivity contribution in [1.82, 2.24) is 10.2 Å². The van der Waals surface area contributed by atoms with Crippen LogP contribution < -0.4 is 5.32 Å². The Morgan fingerprint density at radius 2 is 2.22 bits per heavy atom. The Kier molecular flexibility index (Phi) is 5.54. The molecule has 2 fully saturated rings. The van der Waals surface area contributed by atoms with E-state index in [0.717, 1.165) is 0 Å². The van der Waals surface area contributed by atoms with E-state index in [1.807, 2.05) is 0 Å². The quantitative estimate of drug-likeness (QED) is 0.662. The molecule has 2 saturated heterocycles. The number of nitrogens with zero attached hydrogens (tertiary/aromatic N) is 1. The minimum absolute atomic E-state index is 0.0226. The Morgan fingerprint density at radius 3 is 2.85 bits per heavy atom. The van der Waals surface area contributed by atoms with Gasteiger partial charge in [0.15, 0.2) is 15.9 Å². The number of carbonyl (C=O) groups excluding carboxylic acids is 3. The van der Waals surface area contributed by atoms with E-state index in [0.29, 0.717) is 12.2 Å². The summed E-state index contributed by atoms with van der Waals surface area (Å²) < 4.78 is 33.3. The van der Waals surface area contributed by atoms with Gasteiger partial charge in [-0.1, -0.05) is 0 Å². The van der Waals surface area contributed by atoms with E-state index in [2.05, 4.69) is 5.32 Å². The van der Waals surface area contributed by atoms with Gasteiger partial charge in [-0.15, -0.1) is 0 Å². The second-order valence-electron chi connectivity index (χ2n) is 6.94. The number of furan rings is 1. The lowest BCUT2D eigenvalue weighted by Crippen LogP contribution is -2.43. The number of hydrogen-bond acceptors (Lipinski definition) is 7. The molecule has 2 aliphatic heterocycles. The Labute approximate surface area is 156 Å². The predicted molar refractivity (Wildman–Crippen MR) is 93.0 cm³/mol. The second-order valence-corrected chi connectivity index (χ2v) is 9.17. The van der Waals surface area contributed by atoms with Crippen molar-refractivity contribution >= 4 is 27.6 Å². The van der Waals surface area contributed by atoms with Crippen LogP contribution in [0.15, 0.2) is 22.8 Å². The number of likely N-dealkylation sites (tertiary alicyclic amines) is 1. The highest BCUT2D eigenvalue weighted by Crippen LogP contribution is 2.22. The highest BCUT2D eigenvalue weighted by molar-refractivity contribution is 7.91. The summed E-state index contributed by atoms with van der Waals surface area (Å²) in [6.45, 7) is 1.91. The van der Waals surface area contributed by atoms with E-state index in [1.165, 1.54) is 18.1 Å². The maximum atomic E-state index is 12.3. The van der Waals surface area contributed by atoms with Crippen LogP contribution in [-0.4, -0.2) is 61.3 Å². The maximum absolute atomic E-state index is 12.3. The summed E-state index contributed by atoms with van der Waals surface area (Å²) in [5.74, 6) is -1.41. The molecule has 10 heteroatoms. The van der Waals surface area contributed by atoms with Crippen LogP contribution in [0.1, 0.15) is 25.5 Å². The summed E-state index contributed by atoms with van der Waals surface area (Å²) >= 11 is 0. The second kappa shape index (κ2) is 7.71. The number of carbonyl (C=O) groups is 3. The molecule has 0 aromatic carbocycles. The average Bonchev–Trinajstić information content (AvgIpc) is 3.30. The van der Waals surface area contributed by atoms with E-state index >= 15 is 0 Å². The van der Waals surface area contributed by atoms with Gasteiger partial charge in [0.05, 0.1) is 30.2 Å². The van der Waals surface area contributed by atoms with Crippen molar-refractivity contribution in [3.05, 3.63) is 24.2 Å². The number of esters is 1. The third-order valence-electron chi connectivity index (χ3n) is 4.72. The normalized spacial score (nSPS) is 25.4. The van der Waals surface area contributed by atoms with E-state index in [-0.39, 0.29) is 36.9 Å². The molecule has 0 aliphatic carbocycles. The lowest BCUT2D eigenvalue weighted by Gasteiger charge is -2.18. The first-order valence-corrected chi connectivity index (χ1v) is 10.6. The monoisotopic (exact) mass is 398 g/mol. The number of nitrogens with one attached hydrogen (secondary N) is 1. The lowest BCUT2D eigenvalue weighted by molar-refractivity contribution is -0.158. The van der Waals surface area contributed by atoms with Gasteiger partial charge in [0.2, 0.25) is 5.91 Å². The van der Waals surface area contributed by atoms with Crippen LogP contribution in [0, 0.1) is 5.92 Å². The summed E-state index contributed by atoms with van der Waals surface area (Å²) in [4.78, 5) is 38.0. The van der Waals surface area contributed by atoms with Crippen molar-refractivity contribution in [2.24, 2.45) is 5.92 Å². The molecule has 1 N–H and O–H groups in total. The Hall–Kier alpha value is -2.36. The molecular weight excluding hydrogens is 376 g/mol. The summed E-state index contributed by atoms with van der Waals surface area (Å²) in [6.07, 6.45) is 0.829. The molecule has 0 spiro atoms. The van der Waals surface area contributed by atoms with Crippen LogP contribution in [0.2, 0.25) is 0 Å². The number of amides is 2. The standard InChI is InChI=1S/C17H22N2O7S/c1-11(16(21)18-13-4-6-27(23,24)10-13)26-17(22)12-7-15(20)19(8-12)9-14-3-2-5-25-14/h2-3,5,11-13H,4,6-10H2,1H3,(H,18,21)/t11-,12+,13+/m0/s1. The minimum Gasteiger partial charge on any atom is -0.467 e. The molecule has 2 amide bonds. The van der Waals surface area contributed by atoms with Crippen molar-refractivity contribution in [2.45, 2.75) is 38.5 Å². The van der Waals surface area contributed by atoms with Gasteiger partial charge in [0.25, 0.3) is 5.91 Å². The molecule has 0 bridgehead atoms. The summed E-state index contributed by atoms with van der Waals surface area (Å²) in [5, 5.41) is 2.59. The van der Waals surface area contributed by atoms with Gasteiger partial charge in [-0.25, -0.2) is 8.42 Å². The molecule has 0 saturated carbocycles. The summed E-state index contributed by atoms with van der Waals surface area (Å²) in [5.41, 5.74) is 0. The van der Waals surface area contributed by atoms with Crippen molar-refractivity contribution in [3.8, 4) is 0 Å². The van der Waals surface area contributed by atoms with Crippen LogP contribution >= 0.6 is 0 Å². The molecule has 3 rings (SSSR count). The van der Waals surface area contributed by atoms with Gasteiger partial charge >= 0.3 is 5.97 Å². The van der Waals surface area contributed by atoms with Gasteiger partial charge in [0, 0.05) is 19.0 Å². The van der Waals surface area contributed by atoms with Crippen LogP contribution in [0.4, 0.5) is 0 Å². The fourth-order valence-corrected chi connectivity index (χ4v) is 4.90. The van der Waals surface area contributed by atoms with Gasteiger partial charge in [-0.05, 0) is 25.5 Å². The Morgan fingerprint density at radius 1 is 1.44 bits per heavy atom. The van der Waals surface area contributed by atoms with Crippen LogP contribution in [0.5, 0.6) is 0 Å². The lowest BCUT2D eigenvalue weighted by atomic mass is 10.1. The zero-order valence-electron chi connectivity index (χ0n) is 14.9. The van der Waals surface area contributed by atoms with E-state index in [9.17, 15) is 22.8 Å². The minimum atomic E-state index is -3.11. The Balaban J connectivity index is 1.48. The van der Waals surface area contributed by atoms with Crippen molar-refractivity contribution in [1.29, 1.82) is 0 Å². The molecule has 1 aromatic heterocycles. The first-order valence-electron chi connectivity index (χ1n) is 8.75. The molecule has 27 heavy (non-hydrogen) atoms. The van der Waals surface area contributed by atoms with Crippen LogP contribution in [0.25, 0.3) is 0 Å². The smallest absolute Gasteiger partial charge is 0.312 e. The molecule has 0 radical (unpaired) electrons. The molecule has 2 aliphatic rings. The largest absolute Gasteiger partial charge is 0.467 e. The summed E-state index contributed by atoms with van der Waals surface area (Å²) in [6, 6.07) is 3.01. The third-order valence-corrected chi connectivity index (χ3v) is 6.48. The van der Waals surface area contributed by atoms with E-state index in [4.69, 9.17) is 9.15 Å². The van der Waals surface area contributed by atoms with E-state index < -0.39 is 39.8 Å². The van der Waals surface area contributed by atoms with Gasteiger partial charge < -0.3 is 19.4 Å². The van der Waals surface area contributed by atoms with Crippen LogP contribution in [-0.2, 0) is 35.5 Å². The maximum Gasteiger partial charge on any atom is 0.312 e. The highest BCUT2D eigenvalue weighted by Gasteiger charge is 2.37. The number of rotatable bonds is 6. The highest BCUT2D eigenvalue weighted by atomic mass is 32.2. The van der Waals surface area contributed by atoms with Crippen molar-refractivity contribution in [3.63, 3.8) is 0 Å². The molecule has 3 atom stereocenters. The van der Waals surface area contributed by atoms with Crippen molar-refractivity contribution < 1.29 is 32.0 Å². The topological polar surface area (TPSA) is 123 Å². The fourth-order valence-electron chi connectivity index (χ4n) is 3.22. The zero-order valence-corrected chi connectivity index (χ0v) is 15.7. The fraction of sp³-hybridized carbons (Fsp3) is 0.588. The molecule has 3 heterocycles. The number of ether oxygens (including phenoxy) is 1. The number of sulfone groups is 1. The van der Waals surface area contributed by atoms with Gasteiger partial charge in [-0.3, -0.25) is 14.4 Å². The molecule has 148 valence electrons. The summed E-state index contributed by atoms with van der Waals surface area (Å²) in [7, 11) is -3.11. The molecule has 0 unspecified atom stereocenters. The SMILES string of the molecule is C[C@H](OC(=O)[C@@H]1CC(=O)N(Cc2ccco2)C1)C(=O)N[C@@H]1CCS(=O)(=O)C1. The third kappa shape index (κ3) is 4.88. The van der Waals surface area contributed by atoms with Gasteiger partial charge in [0.1, 0.15) is 5.76 Å². The molecular formula is C17H22N2O7S. The van der Waals surface area contributed by atoms with Gasteiger partial charge in [-0.2, -0.15) is 0 Å². The van der Waals surface area contributed by atoms with Crippen molar-refractivity contribution in [2.75, 3.05) is 18.1 Å².